The Morgan fingerprint density at radius 3 is 2.76 bits per heavy atom. The molecule has 2 fully saturated rings. The monoisotopic (exact) mass is 644 g/mol. The first-order chi connectivity index (χ1) is 18.9. The van der Waals surface area contributed by atoms with E-state index in [-0.39, 0.29) is 39.6 Å². The third-order valence-electron chi connectivity index (χ3n) is 8.76. The number of H-pyrrole nitrogens is 1. The zero-order chi connectivity index (χ0) is 30.5. The summed E-state index contributed by atoms with van der Waals surface area (Å²) in [5.74, 6) is 0.256. The Balaban J connectivity index is 1.59. The lowest BCUT2D eigenvalue weighted by Crippen LogP contribution is -2.45. The number of fused-ring (bicyclic) bond motifs is 1. The summed E-state index contributed by atoms with van der Waals surface area (Å²) in [6.45, 7) is 19.1. The van der Waals surface area contributed by atoms with Crippen molar-refractivity contribution in [3.05, 3.63) is 28.8 Å². The molecule has 1 aliphatic heterocycles. The second-order valence-corrected chi connectivity index (χ2v) is 20.6. The second kappa shape index (κ2) is 12.0. The van der Waals surface area contributed by atoms with E-state index in [0.29, 0.717) is 5.92 Å². The number of aromatic nitrogens is 4. The number of thiol groups is 1. The number of ether oxygens (including phenoxy) is 1. The van der Waals surface area contributed by atoms with E-state index in [1.54, 1.807) is 0 Å². The number of aliphatic hydroxyl groups is 1. The van der Waals surface area contributed by atoms with Gasteiger partial charge in [-0.2, -0.15) is 17.6 Å². The van der Waals surface area contributed by atoms with Crippen LogP contribution in [-0.4, -0.2) is 68.7 Å². The number of anilines is 1. The van der Waals surface area contributed by atoms with Crippen molar-refractivity contribution in [1.29, 1.82) is 0 Å². The normalized spacial score (nSPS) is 31.5. The number of rotatable bonds is 9. The molecule has 2 aromatic heterocycles. The van der Waals surface area contributed by atoms with Crippen LogP contribution in [0.25, 0.3) is 11.2 Å². The molecular formula is C26H43N5O6PS2Si+. The molecule has 2 aromatic rings. The van der Waals surface area contributed by atoms with Crippen LogP contribution in [0, 0.1) is 5.92 Å². The third-order valence-corrected chi connectivity index (χ3v) is 15.1. The lowest BCUT2D eigenvalue weighted by molar-refractivity contribution is -0.0485. The number of nitrogens with zero attached hydrogens (tertiary/aromatic N) is 3. The van der Waals surface area contributed by atoms with E-state index in [1.807, 2.05) is 6.92 Å². The van der Waals surface area contributed by atoms with Gasteiger partial charge in [0, 0.05) is 4.75 Å². The molecule has 1 saturated heterocycles. The summed E-state index contributed by atoms with van der Waals surface area (Å²) < 4.78 is 26.5. The Hall–Kier alpha value is -1.22. The number of nitrogens with two attached hydrogens (primary N) is 1. The molecule has 4 N–H and O–H groups in total. The highest BCUT2D eigenvalue weighted by Crippen LogP contribution is 2.47. The predicted molar refractivity (Wildman–Crippen MR) is 169 cm³/mol. The summed E-state index contributed by atoms with van der Waals surface area (Å²) >= 11 is 10.6. The van der Waals surface area contributed by atoms with Crippen molar-refractivity contribution in [3.8, 4) is 0 Å². The number of hydrogen-bond acceptors (Lipinski definition) is 11. The fourth-order valence-electron chi connectivity index (χ4n) is 4.94. The van der Waals surface area contributed by atoms with Gasteiger partial charge >= 0.3 is 7.15 Å². The highest BCUT2D eigenvalue weighted by molar-refractivity contribution is 8.00. The quantitative estimate of drug-likeness (QED) is 0.132. The summed E-state index contributed by atoms with van der Waals surface area (Å²) in [5, 5.41) is 11.5. The maximum absolute atomic E-state index is 12.4. The van der Waals surface area contributed by atoms with Crippen LogP contribution in [0.4, 0.5) is 5.95 Å². The smallest absolute Gasteiger partial charge is 0.414 e. The maximum atomic E-state index is 12.4. The number of imidazole rings is 1. The van der Waals surface area contributed by atoms with E-state index >= 15 is 0 Å². The average molecular weight is 645 g/mol. The van der Waals surface area contributed by atoms with Gasteiger partial charge < -0.3 is 20.0 Å². The molecule has 0 radical (unpaired) electrons. The van der Waals surface area contributed by atoms with Gasteiger partial charge in [-0.1, -0.05) is 32.9 Å². The fourth-order valence-corrected chi connectivity index (χ4v) is 7.97. The molecule has 0 amide bonds. The van der Waals surface area contributed by atoms with Gasteiger partial charge in [0.2, 0.25) is 17.8 Å². The molecular weight excluding hydrogens is 602 g/mol. The van der Waals surface area contributed by atoms with E-state index < -0.39 is 45.6 Å². The number of hydrogen-bond donors (Lipinski definition) is 4. The molecule has 2 aliphatic rings. The number of aliphatic hydroxyl groups excluding tert-OH is 1. The standard InChI is InChI=1S/C26H42N5O6PS2Si/c1-14(2)15-9-10-26(6,39)17(11-15)36-38(40)37-20-16(12-34-41(7,8)25(3,4)5)35-23(19(20)32)31-13-28-18-21(31)29-24(27)30-22(18)33/h13,15-17,19-20,23,32H,1,9-12H2,2-8H3,(H3-,27,29,30,33,39)/p+1/t15-,16+,17+,19+,20+,23+,26+/m0/s1. The van der Waals surface area contributed by atoms with Gasteiger partial charge in [-0.05, 0) is 57.2 Å². The van der Waals surface area contributed by atoms with Gasteiger partial charge in [-0.3, -0.25) is 14.3 Å². The van der Waals surface area contributed by atoms with Crippen LogP contribution in [-0.2, 0) is 30.0 Å². The number of aromatic amines is 1. The molecule has 0 aromatic carbocycles. The lowest BCUT2D eigenvalue weighted by atomic mass is 9.77. The van der Waals surface area contributed by atoms with Crippen molar-refractivity contribution in [2.75, 3.05) is 12.3 Å². The van der Waals surface area contributed by atoms with E-state index in [2.05, 4.69) is 62.3 Å². The van der Waals surface area contributed by atoms with Crippen molar-refractivity contribution in [3.63, 3.8) is 0 Å². The zero-order valence-electron chi connectivity index (χ0n) is 24.8. The van der Waals surface area contributed by atoms with Crippen LogP contribution in [0.5, 0.6) is 0 Å². The lowest BCUT2D eigenvalue weighted by Gasteiger charge is -2.38. The first-order valence-electron chi connectivity index (χ1n) is 13.8. The molecule has 4 rings (SSSR count). The molecule has 1 aliphatic carbocycles. The number of allylic oxidation sites excluding steroid dienone is 1. The molecule has 3 heterocycles. The Labute approximate surface area is 253 Å². The second-order valence-electron chi connectivity index (χ2n) is 13.0. The van der Waals surface area contributed by atoms with Crippen LogP contribution in [0.3, 0.4) is 0 Å². The Bertz CT molecular complexity index is 1360. The van der Waals surface area contributed by atoms with Crippen molar-refractivity contribution >= 4 is 57.0 Å². The molecule has 1 saturated carbocycles. The van der Waals surface area contributed by atoms with Crippen molar-refractivity contribution in [1.82, 2.24) is 19.5 Å². The zero-order valence-corrected chi connectivity index (χ0v) is 28.4. The van der Waals surface area contributed by atoms with Gasteiger partial charge in [0.25, 0.3) is 5.56 Å². The molecule has 1 unspecified atom stereocenters. The van der Waals surface area contributed by atoms with Crippen molar-refractivity contribution in [2.45, 2.75) is 107 Å². The molecule has 11 nitrogen and oxygen atoms in total. The Kier molecular flexibility index (Phi) is 9.60. The average Bonchev–Trinajstić information content (AvgIpc) is 3.39. The van der Waals surface area contributed by atoms with Gasteiger partial charge in [-0.25, -0.2) is 4.98 Å². The van der Waals surface area contributed by atoms with E-state index in [4.69, 9.17) is 48.4 Å². The van der Waals surface area contributed by atoms with Gasteiger partial charge in [-0.15, -0.1) is 9.05 Å². The molecule has 228 valence electrons. The van der Waals surface area contributed by atoms with E-state index in [1.165, 1.54) is 10.9 Å². The van der Waals surface area contributed by atoms with Gasteiger partial charge in [0.15, 0.2) is 31.8 Å². The SMILES string of the molecule is C=C(C)[C@H]1CC[C@@](C)(S)[C@H](O[P+](=S)O[C@H]2[C@@H](O)[C@H](n3cnc4c(=O)[nH]c(N)nc43)O[C@@H]2CO[Si](C)(C)C(C)(C)C)C1. The third kappa shape index (κ3) is 6.96. The van der Waals surface area contributed by atoms with Crippen LogP contribution in [0.1, 0.15) is 60.1 Å². The maximum Gasteiger partial charge on any atom is 0.522 e. The number of nitrogen functional groups attached to an aromatic ring is 1. The predicted octanol–water partition coefficient (Wildman–Crippen LogP) is 4.59. The van der Waals surface area contributed by atoms with Crippen molar-refractivity contribution in [2.24, 2.45) is 5.92 Å². The fraction of sp³-hybridized carbons (Fsp3) is 0.731. The Morgan fingerprint density at radius 2 is 2.12 bits per heavy atom. The van der Waals surface area contributed by atoms with Crippen molar-refractivity contribution < 1.29 is 23.3 Å². The largest absolute Gasteiger partial charge is 0.522 e. The minimum Gasteiger partial charge on any atom is -0.414 e. The van der Waals surface area contributed by atoms with Crippen LogP contribution >= 0.6 is 19.8 Å². The van der Waals surface area contributed by atoms with Gasteiger partial charge in [0.05, 0.1) is 12.9 Å². The van der Waals surface area contributed by atoms with Crippen LogP contribution < -0.4 is 11.3 Å². The highest BCUT2D eigenvalue weighted by atomic mass is 32.4. The summed E-state index contributed by atoms with van der Waals surface area (Å²) in [4.78, 5) is 23.2. The summed E-state index contributed by atoms with van der Waals surface area (Å²) in [6, 6.07) is 0. The minimum absolute atomic E-state index is 0.0332. The summed E-state index contributed by atoms with van der Waals surface area (Å²) in [7, 11) is -4.01. The molecule has 0 bridgehead atoms. The summed E-state index contributed by atoms with van der Waals surface area (Å²) in [6.07, 6.45) is 0.0769. The molecule has 15 heteroatoms. The van der Waals surface area contributed by atoms with Crippen LogP contribution in [0.2, 0.25) is 18.1 Å². The Morgan fingerprint density at radius 1 is 1.44 bits per heavy atom. The first kappa shape index (κ1) is 32.7. The summed E-state index contributed by atoms with van der Waals surface area (Å²) in [5.41, 5.74) is 6.69. The topological polar surface area (TPSA) is 147 Å². The molecule has 41 heavy (non-hydrogen) atoms. The minimum atomic E-state index is -2.16. The number of nitrogens with one attached hydrogen (secondary N) is 1. The van der Waals surface area contributed by atoms with Crippen LogP contribution in [0.15, 0.2) is 23.3 Å². The van der Waals surface area contributed by atoms with E-state index in [0.717, 1.165) is 24.8 Å². The first-order valence-corrected chi connectivity index (χ1v) is 19.3. The van der Waals surface area contributed by atoms with E-state index in [9.17, 15) is 9.90 Å². The van der Waals surface area contributed by atoms with Gasteiger partial charge in [0.1, 0.15) is 18.3 Å². The molecule has 8 atom stereocenters. The highest BCUT2D eigenvalue weighted by Gasteiger charge is 2.52. The molecule has 0 spiro atoms.